The normalized spacial score (nSPS) is 12.0. The molecule has 0 saturated carbocycles. The Labute approximate surface area is 127 Å². The van der Waals surface area contributed by atoms with Crippen LogP contribution in [0.25, 0.3) is 0 Å². The maximum absolute atomic E-state index is 12.4. The first-order valence-corrected chi connectivity index (χ1v) is 7.28. The highest BCUT2D eigenvalue weighted by atomic mass is 32.2. The van der Waals surface area contributed by atoms with Crippen LogP contribution in [0, 0.1) is 0 Å². The molecular weight excluding hydrogens is 288 g/mol. The summed E-state index contributed by atoms with van der Waals surface area (Å²) in [5.74, 6) is -0.127. The van der Waals surface area contributed by atoms with Crippen molar-refractivity contribution >= 4 is 29.1 Å². The highest BCUT2D eigenvalue weighted by molar-refractivity contribution is 8.00. The summed E-state index contributed by atoms with van der Waals surface area (Å²) in [6.45, 7) is 3.28. The van der Waals surface area contributed by atoms with Gasteiger partial charge in [-0.2, -0.15) is 0 Å². The van der Waals surface area contributed by atoms with E-state index in [0.717, 1.165) is 0 Å². The average molecular weight is 304 g/mol. The number of carbonyl (C=O) groups excluding carboxylic acids is 2. The van der Waals surface area contributed by atoms with Crippen LogP contribution in [0.2, 0.25) is 0 Å². The first-order chi connectivity index (χ1) is 9.97. The molecule has 21 heavy (non-hydrogen) atoms. The van der Waals surface area contributed by atoms with Crippen molar-refractivity contribution < 1.29 is 9.59 Å². The molecule has 0 aliphatic carbocycles. The maximum Gasteiger partial charge on any atom is 0.221 e. The van der Waals surface area contributed by atoms with Crippen LogP contribution in [-0.4, -0.2) is 31.7 Å². The van der Waals surface area contributed by atoms with Gasteiger partial charge in [-0.05, 0) is 31.2 Å². The minimum absolute atomic E-state index is 0.0115. The van der Waals surface area contributed by atoms with Crippen LogP contribution in [0.1, 0.15) is 24.2 Å². The van der Waals surface area contributed by atoms with Crippen LogP contribution in [0.3, 0.4) is 0 Å². The van der Waals surface area contributed by atoms with Crippen molar-refractivity contribution in [3.8, 4) is 0 Å². The Hall–Kier alpha value is -2.15. The van der Waals surface area contributed by atoms with E-state index in [-0.39, 0.29) is 16.9 Å². The average Bonchev–Trinajstić information content (AvgIpc) is 2.83. The predicted octanol–water partition coefficient (Wildman–Crippen LogP) is 2.14. The molecule has 2 rings (SSSR count). The number of Topliss-reactive ketones (excluding diaryl/α,β-unsaturated/α-hetero) is 1. The zero-order chi connectivity index (χ0) is 15.4. The number of anilines is 1. The van der Waals surface area contributed by atoms with E-state index >= 15 is 0 Å². The number of nitrogens with zero attached hydrogens (tertiary/aromatic N) is 3. The molecular formula is C14H16N4O2S. The van der Waals surface area contributed by atoms with Crippen LogP contribution in [0.4, 0.5) is 5.69 Å². The molecule has 1 aromatic heterocycles. The quantitative estimate of drug-likeness (QED) is 0.676. The third-order valence-electron chi connectivity index (χ3n) is 2.81. The van der Waals surface area contributed by atoms with Gasteiger partial charge in [0.2, 0.25) is 5.91 Å². The fourth-order valence-electron chi connectivity index (χ4n) is 1.75. The molecule has 0 saturated heterocycles. The summed E-state index contributed by atoms with van der Waals surface area (Å²) in [4.78, 5) is 23.3. The van der Waals surface area contributed by atoms with Gasteiger partial charge in [0.1, 0.15) is 6.33 Å². The van der Waals surface area contributed by atoms with Crippen molar-refractivity contribution in [2.45, 2.75) is 24.3 Å². The number of hydrogen-bond donors (Lipinski definition) is 1. The Morgan fingerprint density at radius 1 is 1.29 bits per heavy atom. The second kappa shape index (κ2) is 6.53. The summed E-state index contributed by atoms with van der Waals surface area (Å²) in [6.07, 6.45) is 1.60. The first-order valence-electron chi connectivity index (χ1n) is 6.40. The van der Waals surface area contributed by atoms with Crippen molar-refractivity contribution in [3.63, 3.8) is 0 Å². The van der Waals surface area contributed by atoms with Gasteiger partial charge in [-0.25, -0.2) is 0 Å². The van der Waals surface area contributed by atoms with Crippen molar-refractivity contribution in [2.24, 2.45) is 7.05 Å². The molecule has 0 bridgehead atoms. The summed E-state index contributed by atoms with van der Waals surface area (Å²) in [7, 11) is 1.84. The van der Waals surface area contributed by atoms with Crippen LogP contribution in [-0.2, 0) is 11.8 Å². The van der Waals surface area contributed by atoms with Gasteiger partial charge < -0.3 is 9.88 Å². The SMILES string of the molecule is CC(=O)Nc1ccc(C(=O)C(C)Sc2nncn2C)cc1. The Bertz CT molecular complexity index is 651. The number of carbonyl (C=O) groups is 2. The van der Waals surface area contributed by atoms with Crippen molar-refractivity contribution in [1.82, 2.24) is 14.8 Å². The predicted molar refractivity (Wildman–Crippen MR) is 81.4 cm³/mol. The number of thioether (sulfide) groups is 1. The number of aryl methyl sites for hydroxylation is 1. The molecule has 1 atom stereocenters. The Morgan fingerprint density at radius 2 is 1.95 bits per heavy atom. The van der Waals surface area contributed by atoms with Gasteiger partial charge in [-0.15, -0.1) is 10.2 Å². The number of nitrogens with one attached hydrogen (secondary N) is 1. The zero-order valence-electron chi connectivity index (χ0n) is 12.0. The minimum Gasteiger partial charge on any atom is -0.326 e. The molecule has 0 aliphatic rings. The summed E-state index contributed by atoms with van der Waals surface area (Å²) in [5.41, 5.74) is 1.28. The largest absolute Gasteiger partial charge is 0.326 e. The lowest BCUT2D eigenvalue weighted by Gasteiger charge is -2.10. The third-order valence-corrected chi connectivity index (χ3v) is 3.96. The molecule has 1 N–H and O–H groups in total. The summed E-state index contributed by atoms with van der Waals surface area (Å²) >= 11 is 1.36. The molecule has 1 amide bonds. The van der Waals surface area contributed by atoms with Crippen LogP contribution in [0.5, 0.6) is 0 Å². The number of benzene rings is 1. The van der Waals surface area contributed by atoms with Crippen molar-refractivity contribution in [2.75, 3.05) is 5.32 Å². The van der Waals surface area contributed by atoms with E-state index in [0.29, 0.717) is 16.4 Å². The van der Waals surface area contributed by atoms with E-state index in [1.807, 2.05) is 14.0 Å². The smallest absolute Gasteiger partial charge is 0.221 e. The molecule has 0 fully saturated rings. The van der Waals surface area contributed by atoms with E-state index in [1.165, 1.54) is 18.7 Å². The Balaban J connectivity index is 2.05. The molecule has 1 heterocycles. The van der Waals surface area contributed by atoms with E-state index < -0.39 is 0 Å². The van der Waals surface area contributed by atoms with Gasteiger partial charge in [-0.3, -0.25) is 9.59 Å². The summed E-state index contributed by atoms with van der Waals surface area (Å²) < 4.78 is 1.77. The number of hydrogen-bond acceptors (Lipinski definition) is 5. The second-order valence-corrected chi connectivity index (χ2v) is 5.92. The molecule has 6 nitrogen and oxygen atoms in total. The monoisotopic (exact) mass is 304 g/mol. The molecule has 2 aromatic rings. The lowest BCUT2D eigenvalue weighted by atomic mass is 10.1. The van der Waals surface area contributed by atoms with Gasteiger partial charge in [0.25, 0.3) is 0 Å². The molecule has 0 spiro atoms. The van der Waals surface area contributed by atoms with Crippen molar-refractivity contribution in [1.29, 1.82) is 0 Å². The standard InChI is InChI=1S/C14H16N4O2S/c1-9(21-14-17-15-8-18(14)3)13(20)11-4-6-12(7-5-11)16-10(2)19/h4-9H,1-3H3,(H,16,19). The van der Waals surface area contributed by atoms with E-state index in [1.54, 1.807) is 35.2 Å². The Kier molecular flexibility index (Phi) is 4.74. The number of aromatic nitrogens is 3. The van der Waals surface area contributed by atoms with E-state index in [4.69, 9.17) is 0 Å². The van der Waals surface area contributed by atoms with Gasteiger partial charge >= 0.3 is 0 Å². The molecule has 1 aromatic carbocycles. The van der Waals surface area contributed by atoms with Gasteiger partial charge in [-0.1, -0.05) is 11.8 Å². The molecule has 1 unspecified atom stereocenters. The number of rotatable bonds is 5. The number of ketones is 1. The first kappa shape index (κ1) is 15.2. The van der Waals surface area contributed by atoms with E-state index in [2.05, 4.69) is 15.5 Å². The van der Waals surface area contributed by atoms with Gasteiger partial charge in [0, 0.05) is 25.2 Å². The van der Waals surface area contributed by atoms with Crippen LogP contribution < -0.4 is 5.32 Å². The fraction of sp³-hybridized carbons (Fsp3) is 0.286. The zero-order valence-corrected chi connectivity index (χ0v) is 12.8. The summed E-state index contributed by atoms with van der Waals surface area (Å²) in [5, 5.41) is 10.8. The van der Waals surface area contributed by atoms with Crippen LogP contribution in [0.15, 0.2) is 35.7 Å². The minimum atomic E-state index is -0.264. The summed E-state index contributed by atoms with van der Waals surface area (Å²) in [6, 6.07) is 6.85. The Morgan fingerprint density at radius 3 is 2.48 bits per heavy atom. The van der Waals surface area contributed by atoms with E-state index in [9.17, 15) is 9.59 Å². The van der Waals surface area contributed by atoms with Crippen molar-refractivity contribution in [3.05, 3.63) is 36.2 Å². The fourth-order valence-corrected chi connectivity index (χ4v) is 2.61. The van der Waals surface area contributed by atoms with Gasteiger partial charge in [0.05, 0.1) is 5.25 Å². The lowest BCUT2D eigenvalue weighted by molar-refractivity contribution is -0.114. The molecule has 0 radical (unpaired) electrons. The highest BCUT2D eigenvalue weighted by Crippen LogP contribution is 2.23. The molecule has 0 aliphatic heterocycles. The number of amides is 1. The molecule has 7 heteroatoms. The third kappa shape index (κ3) is 3.91. The highest BCUT2D eigenvalue weighted by Gasteiger charge is 2.18. The maximum atomic E-state index is 12.4. The van der Waals surface area contributed by atoms with Gasteiger partial charge in [0.15, 0.2) is 10.9 Å². The molecule has 110 valence electrons. The van der Waals surface area contributed by atoms with Crippen LogP contribution >= 0.6 is 11.8 Å². The second-order valence-electron chi connectivity index (χ2n) is 4.61. The lowest BCUT2D eigenvalue weighted by Crippen LogP contribution is -2.14. The topological polar surface area (TPSA) is 76.9 Å².